The number of hydrogen-bond acceptors (Lipinski definition) is 5. The van der Waals surface area contributed by atoms with Gasteiger partial charge in [0.2, 0.25) is 5.95 Å². The number of benzene rings is 1. The van der Waals surface area contributed by atoms with Gasteiger partial charge in [0.25, 0.3) is 5.91 Å². The van der Waals surface area contributed by atoms with Gasteiger partial charge >= 0.3 is 0 Å². The number of nitrogens with zero attached hydrogens (tertiary/aromatic N) is 5. The molecule has 1 aliphatic carbocycles. The van der Waals surface area contributed by atoms with Gasteiger partial charge in [0.1, 0.15) is 0 Å². The van der Waals surface area contributed by atoms with Crippen molar-refractivity contribution in [3.8, 4) is 0 Å². The summed E-state index contributed by atoms with van der Waals surface area (Å²) in [6.07, 6.45) is 19.1. The van der Waals surface area contributed by atoms with E-state index in [4.69, 9.17) is 5.73 Å². The van der Waals surface area contributed by atoms with Crippen molar-refractivity contribution < 1.29 is 4.79 Å². The molecule has 1 saturated carbocycles. The molecule has 4 rings (SSSR count). The van der Waals surface area contributed by atoms with Crippen molar-refractivity contribution in [2.24, 2.45) is 0 Å². The Morgan fingerprint density at radius 3 is 2.42 bits per heavy atom. The van der Waals surface area contributed by atoms with Crippen LogP contribution in [-0.4, -0.2) is 37.0 Å². The largest absolute Gasteiger partial charge is 0.369 e. The Kier molecular flexibility index (Phi) is 12.1. The highest BCUT2D eigenvalue weighted by atomic mass is 35.5. The molecule has 208 valence electrons. The number of aromatic nitrogens is 5. The summed E-state index contributed by atoms with van der Waals surface area (Å²) in [4.78, 5) is 17.0. The SMILES string of the molecule is CCCCCc1ccc(C(=O)NCCn2cc(CCCCCc3cn(C4CCCC4)c(N)n3)nn2)cc1.Cl. The zero-order valence-electron chi connectivity index (χ0n) is 22.8. The fourth-order valence-corrected chi connectivity index (χ4v) is 5.20. The molecule has 0 atom stereocenters. The highest BCUT2D eigenvalue weighted by Gasteiger charge is 2.19. The number of nitrogens with one attached hydrogen (secondary N) is 1. The maximum Gasteiger partial charge on any atom is 0.251 e. The van der Waals surface area contributed by atoms with Crippen molar-refractivity contribution in [3.63, 3.8) is 0 Å². The molecule has 1 aromatic carbocycles. The molecule has 9 heteroatoms. The van der Waals surface area contributed by atoms with Gasteiger partial charge in [-0.2, -0.15) is 0 Å². The third-order valence-electron chi connectivity index (χ3n) is 7.39. The van der Waals surface area contributed by atoms with Gasteiger partial charge in [-0.15, -0.1) is 17.5 Å². The third kappa shape index (κ3) is 8.86. The lowest BCUT2D eigenvalue weighted by Gasteiger charge is -2.11. The zero-order chi connectivity index (χ0) is 25.9. The predicted molar refractivity (Wildman–Crippen MR) is 155 cm³/mol. The molecule has 0 bridgehead atoms. The second-order valence-electron chi connectivity index (χ2n) is 10.4. The number of carbonyl (C=O) groups is 1. The highest BCUT2D eigenvalue weighted by Crippen LogP contribution is 2.31. The highest BCUT2D eigenvalue weighted by molar-refractivity contribution is 5.94. The van der Waals surface area contributed by atoms with Gasteiger partial charge in [0.05, 0.1) is 17.9 Å². The van der Waals surface area contributed by atoms with Gasteiger partial charge in [-0.3, -0.25) is 9.48 Å². The maximum atomic E-state index is 12.4. The normalized spacial score (nSPS) is 13.5. The van der Waals surface area contributed by atoms with E-state index < -0.39 is 0 Å². The van der Waals surface area contributed by atoms with Gasteiger partial charge in [0, 0.05) is 30.5 Å². The second-order valence-corrected chi connectivity index (χ2v) is 10.4. The molecule has 0 spiro atoms. The van der Waals surface area contributed by atoms with E-state index in [1.54, 1.807) is 0 Å². The van der Waals surface area contributed by atoms with Gasteiger partial charge in [0.15, 0.2) is 0 Å². The molecule has 1 amide bonds. The Morgan fingerprint density at radius 2 is 1.68 bits per heavy atom. The number of nitrogen functional groups attached to an aromatic ring is 1. The molecule has 3 aromatic rings. The number of rotatable bonds is 15. The first-order chi connectivity index (χ1) is 18.1. The number of imidazole rings is 1. The molecule has 38 heavy (non-hydrogen) atoms. The van der Waals surface area contributed by atoms with E-state index >= 15 is 0 Å². The van der Waals surface area contributed by atoms with E-state index in [1.807, 2.05) is 23.0 Å². The Hall–Kier alpha value is -2.87. The Bertz CT molecular complexity index is 1100. The number of nitrogens with two attached hydrogens (primary N) is 1. The van der Waals surface area contributed by atoms with Crippen LogP contribution in [0.25, 0.3) is 0 Å². The van der Waals surface area contributed by atoms with E-state index in [0.717, 1.165) is 49.9 Å². The molecular weight excluding hydrogens is 498 g/mol. The summed E-state index contributed by atoms with van der Waals surface area (Å²) in [6, 6.07) is 8.50. The monoisotopic (exact) mass is 541 g/mol. The number of hydrogen-bond donors (Lipinski definition) is 2. The van der Waals surface area contributed by atoms with Crippen molar-refractivity contribution in [1.82, 2.24) is 29.9 Å². The molecule has 0 unspecified atom stereocenters. The Balaban J connectivity index is 0.00000400. The summed E-state index contributed by atoms with van der Waals surface area (Å²) in [7, 11) is 0. The Morgan fingerprint density at radius 1 is 0.974 bits per heavy atom. The maximum absolute atomic E-state index is 12.4. The third-order valence-corrected chi connectivity index (χ3v) is 7.39. The fourth-order valence-electron chi connectivity index (χ4n) is 5.20. The standard InChI is InChI=1S/C29H43N7O.ClH/c1-2-3-5-10-23-15-17-24(18-16-23)28(37)31-19-20-35-21-26(33-34-35)12-7-4-6-11-25-22-36(29(30)32-25)27-13-8-9-14-27;/h15-18,21-22,27H,2-14,19-20H2,1H3,(H2,30,32)(H,31,37);1H. The summed E-state index contributed by atoms with van der Waals surface area (Å²) in [5.41, 5.74) is 10.2. The number of halogens is 1. The van der Waals surface area contributed by atoms with Crippen molar-refractivity contribution >= 4 is 24.3 Å². The first-order valence-electron chi connectivity index (χ1n) is 14.2. The number of aryl methyl sites for hydroxylation is 3. The minimum Gasteiger partial charge on any atom is -0.369 e. The van der Waals surface area contributed by atoms with Gasteiger partial charge < -0.3 is 15.6 Å². The summed E-state index contributed by atoms with van der Waals surface area (Å²) >= 11 is 0. The Labute approximate surface area is 233 Å². The number of amides is 1. The van der Waals surface area contributed by atoms with E-state index in [1.165, 1.54) is 50.5 Å². The number of carbonyl (C=O) groups excluding carboxylic acids is 1. The summed E-state index contributed by atoms with van der Waals surface area (Å²) in [5.74, 6) is 0.626. The lowest BCUT2D eigenvalue weighted by atomic mass is 10.1. The summed E-state index contributed by atoms with van der Waals surface area (Å²) in [5, 5.41) is 11.5. The molecule has 0 radical (unpaired) electrons. The summed E-state index contributed by atoms with van der Waals surface area (Å²) in [6.45, 7) is 3.34. The van der Waals surface area contributed by atoms with Crippen molar-refractivity contribution in [3.05, 3.63) is 59.2 Å². The smallest absolute Gasteiger partial charge is 0.251 e. The van der Waals surface area contributed by atoms with Gasteiger partial charge in [-0.05, 0) is 69.1 Å². The van der Waals surface area contributed by atoms with Crippen LogP contribution in [0.2, 0.25) is 0 Å². The average Bonchev–Trinajstić information content (AvgIpc) is 3.66. The van der Waals surface area contributed by atoms with Crippen LogP contribution < -0.4 is 11.1 Å². The second kappa shape index (κ2) is 15.5. The van der Waals surface area contributed by atoms with E-state index in [2.05, 4.69) is 50.4 Å². The first kappa shape index (κ1) is 29.7. The average molecular weight is 542 g/mol. The fraction of sp³-hybridized carbons (Fsp3) is 0.586. The van der Waals surface area contributed by atoms with Crippen LogP contribution in [0.1, 0.15) is 104 Å². The van der Waals surface area contributed by atoms with Gasteiger partial charge in [-0.1, -0.05) is 56.4 Å². The minimum atomic E-state index is -0.0460. The first-order valence-corrected chi connectivity index (χ1v) is 14.2. The molecule has 1 aliphatic rings. The van der Waals surface area contributed by atoms with Crippen molar-refractivity contribution in [2.45, 2.75) is 103 Å². The molecule has 2 heterocycles. The quantitative estimate of drug-likeness (QED) is 0.240. The lowest BCUT2D eigenvalue weighted by Crippen LogP contribution is -2.27. The van der Waals surface area contributed by atoms with Crippen LogP contribution >= 0.6 is 12.4 Å². The lowest BCUT2D eigenvalue weighted by molar-refractivity contribution is 0.0952. The van der Waals surface area contributed by atoms with Crippen LogP contribution in [0, 0.1) is 0 Å². The van der Waals surface area contributed by atoms with Crippen LogP contribution in [0.3, 0.4) is 0 Å². The number of anilines is 1. The van der Waals surface area contributed by atoms with Crippen LogP contribution in [0.5, 0.6) is 0 Å². The van der Waals surface area contributed by atoms with Gasteiger partial charge in [-0.25, -0.2) is 4.98 Å². The van der Waals surface area contributed by atoms with Crippen LogP contribution in [0.4, 0.5) is 5.95 Å². The minimum absolute atomic E-state index is 0. The summed E-state index contributed by atoms with van der Waals surface area (Å²) < 4.78 is 4.00. The molecule has 2 aromatic heterocycles. The molecule has 3 N–H and O–H groups in total. The van der Waals surface area contributed by atoms with Crippen molar-refractivity contribution in [1.29, 1.82) is 0 Å². The number of unbranched alkanes of at least 4 members (excludes halogenated alkanes) is 4. The zero-order valence-corrected chi connectivity index (χ0v) is 23.6. The molecule has 1 fully saturated rings. The molecular formula is C29H44ClN7O. The topological polar surface area (TPSA) is 104 Å². The van der Waals surface area contributed by atoms with Crippen molar-refractivity contribution in [2.75, 3.05) is 12.3 Å². The van der Waals surface area contributed by atoms with E-state index in [9.17, 15) is 4.79 Å². The molecule has 8 nitrogen and oxygen atoms in total. The van der Waals surface area contributed by atoms with E-state index in [0.29, 0.717) is 30.6 Å². The van der Waals surface area contributed by atoms with E-state index in [-0.39, 0.29) is 18.3 Å². The predicted octanol–water partition coefficient (Wildman–Crippen LogP) is 5.71. The van der Waals surface area contributed by atoms with Crippen LogP contribution in [0.15, 0.2) is 36.7 Å². The van der Waals surface area contributed by atoms with Crippen LogP contribution in [-0.2, 0) is 25.8 Å². The molecule has 0 saturated heterocycles. The molecule has 0 aliphatic heterocycles.